The van der Waals surface area contributed by atoms with E-state index in [0.29, 0.717) is 27.6 Å². The van der Waals surface area contributed by atoms with Crippen LogP contribution in [0.5, 0.6) is 11.6 Å². The van der Waals surface area contributed by atoms with Gasteiger partial charge in [-0.25, -0.2) is 4.98 Å². The van der Waals surface area contributed by atoms with Gasteiger partial charge in [0, 0.05) is 11.3 Å². The van der Waals surface area contributed by atoms with Gasteiger partial charge >= 0.3 is 0 Å². The van der Waals surface area contributed by atoms with Gasteiger partial charge in [-0.1, -0.05) is 29.3 Å². The van der Waals surface area contributed by atoms with Crippen LogP contribution >= 0.6 is 34.8 Å². The molecule has 1 aromatic carbocycles. The number of hydrogen-bond acceptors (Lipinski definition) is 2. The van der Waals surface area contributed by atoms with Crippen LogP contribution in [0.15, 0.2) is 24.3 Å². The number of hydrogen-bond donors (Lipinski definition) is 0. The van der Waals surface area contributed by atoms with Gasteiger partial charge in [0.05, 0.1) is 10.9 Å². The molecule has 0 aliphatic heterocycles. The van der Waals surface area contributed by atoms with Crippen molar-refractivity contribution in [3.63, 3.8) is 0 Å². The smallest absolute Gasteiger partial charge is 0.224 e. The third kappa shape index (κ3) is 3.14. The summed E-state index contributed by atoms with van der Waals surface area (Å²) in [5.74, 6) is 1.27. The molecule has 0 aliphatic carbocycles. The zero-order valence-electron chi connectivity index (χ0n) is 10.5. The quantitative estimate of drug-likeness (QED) is 0.694. The number of alkyl halides is 1. The average molecular weight is 317 g/mol. The second-order valence-electron chi connectivity index (χ2n) is 4.15. The van der Waals surface area contributed by atoms with E-state index in [2.05, 4.69) is 4.98 Å². The van der Waals surface area contributed by atoms with Crippen LogP contribution in [0.3, 0.4) is 0 Å². The molecule has 0 aliphatic rings. The Balaban J connectivity index is 2.46. The number of aryl methyl sites for hydroxylation is 2. The van der Waals surface area contributed by atoms with Crippen LogP contribution in [-0.2, 0) is 5.88 Å². The Bertz CT molecular complexity index is 614. The molecule has 0 amide bonds. The molecule has 0 radical (unpaired) electrons. The minimum absolute atomic E-state index is 0.326. The molecule has 0 spiro atoms. The minimum Gasteiger partial charge on any atom is -0.437 e. The molecular formula is C14H12Cl3NO. The number of ether oxygens (including phenoxy) is 1. The van der Waals surface area contributed by atoms with E-state index in [1.54, 1.807) is 18.2 Å². The van der Waals surface area contributed by atoms with Crippen molar-refractivity contribution in [1.29, 1.82) is 0 Å². The van der Waals surface area contributed by atoms with Crippen LogP contribution in [-0.4, -0.2) is 4.98 Å². The first kappa shape index (κ1) is 14.4. The fraction of sp³-hybridized carbons (Fsp3) is 0.214. The molecule has 0 unspecified atom stereocenters. The molecule has 0 atom stereocenters. The summed E-state index contributed by atoms with van der Waals surface area (Å²) < 4.78 is 5.76. The van der Waals surface area contributed by atoms with Gasteiger partial charge in [-0.2, -0.15) is 0 Å². The highest BCUT2D eigenvalue weighted by atomic mass is 35.5. The van der Waals surface area contributed by atoms with Crippen molar-refractivity contribution in [1.82, 2.24) is 4.98 Å². The molecule has 0 N–H and O–H groups in total. The molecule has 100 valence electrons. The fourth-order valence-electron chi connectivity index (χ4n) is 1.74. The predicted octanol–water partition coefficient (Wildman–Crippen LogP) is 5.54. The van der Waals surface area contributed by atoms with Crippen molar-refractivity contribution >= 4 is 34.8 Å². The molecule has 1 aromatic heterocycles. The van der Waals surface area contributed by atoms with Gasteiger partial charge in [0.15, 0.2) is 0 Å². The zero-order chi connectivity index (χ0) is 14.0. The Kier molecular flexibility index (Phi) is 4.56. The molecule has 0 fully saturated rings. The number of nitrogens with zero attached hydrogens (tertiary/aromatic N) is 1. The second-order valence-corrected chi connectivity index (χ2v) is 5.20. The standard InChI is InChI=1S/C14H12Cl3NO/c1-8-6-9(2)18-14(10(8)7-15)19-12-5-3-4-11(16)13(12)17/h3-6H,7H2,1-2H3. The maximum atomic E-state index is 6.10. The summed E-state index contributed by atoms with van der Waals surface area (Å²) >= 11 is 18.0. The number of aromatic nitrogens is 1. The molecule has 0 saturated carbocycles. The van der Waals surface area contributed by atoms with Gasteiger partial charge in [-0.05, 0) is 37.6 Å². The first-order valence-corrected chi connectivity index (χ1v) is 6.97. The van der Waals surface area contributed by atoms with Crippen LogP contribution in [0.1, 0.15) is 16.8 Å². The van der Waals surface area contributed by atoms with E-state index in [-0.39, 0.29) is 0 Å². The van der Waals surface area contributed by atoms with E-state index < -0.39 is 0 Å². The van der Waals surface area contributed by atoms with E-state index in [4.69, 9.17) is 39.5 Å². The lowest BCUT2D eigenvalue weighted by Gasteiger charge is -2.13. The van der Waals surface area contributed by atoms with Crippen LogP contribution < -0.4 is 4.74 Å². The number of pyridine rings is 1. The van der Waals surface area contributed by atoms with Crippen molar-refractivity contribution in [3.05, 3.63) is 51.1 Å². The van der Waals surface area contributed by atoms with E-state index in [1.165, 1.54) is 0 Å². The Morgan fingerprint density at radius 1 is 1.21 bits per heavy atom. The molecule has 1 heterocycles. The summed E-state index contributed by atoms with van der Waals surface area (Å²) in [6.07, 6.45) is 0. The average Bonchev–Trinajstić information content (AvgIpc) is 2.34. The lowest BCUT2D eigenvalue weighted by molar-refractivity contribution is 0.456. The first-order valence-electron chi connectivity index (χ1n) is 5.68. The molecule has 19 heavy (non-hydrogen) atoms. The summed E-state index contributed by atoms with van der Waals surface area (Å²) in [5, 5.41) is 0.807. The highest BCUT2D eigenvalue weighted by Gasteiger charge is 2.13. The van der Waals surface area contributed by atoms with E-state index in [1.807, 2.05) is 19.9 Å². The normalized spacial score (nSPS) is 10.6. The predicted molar refractivity (Wildman–Crippen MR) is 79.8 cm³/mol. The third-order valence-electron chi connectivity index (χ3n) is 2.69. The SMILES string of the molecule is Cc1cc(C)c(CCl)c(Oc2cccc(Cl)c2Cl)n1. The Labute approximate surface area is 127 Å². The topological polar surface area (TPSA) is 22.1 Å². The van der Waals surface area contributed by atoms with E-state index in [9.17, 15) is 0 Å². The highest BCUT2D eigenvalue weighted by molar-refractivity contribution is 6.42. The van der Waals surface area contributed by atoms with Crippen LogP contribution in [0, 0.1) is 13.8 Å². The van der Waals surface area contributed by atoms with Crippen LogP contribution in [0.25, 0.3) is 0 Å². The molecule has 5 heteroatoms. The maximum absolute atomic E-state index is 6.10. The van der Waals surface area contributed by atoms with Crippen molar-refractivity contribution in [2.24, 2.45) is 0 Å². The third-order valence-corrected chi connectivity index (χ3v) is 3.76. The first-order chi connectivity index (χ1) is 9.02. The van der Waals surface area contributed by atoms with Crippen LogP contribution in [0.2, 0.25) is 10.0 Å². The molecule has 2 nitrogen and oxygen atoms in total. The summed E-state index contributed by atoms with van der Waals surface area (Å²) in [5.41, 5.74) is 2.75. The van der Waals surface area contributed by atoms with E-state index in [0.717, 1.165) is 16.8 Å². The van der Waals surface area contributed by atoms with Gasteiger partial charge in [0.25, 0.3) is 0 Å². The molecule has 0 bridgehead atoms. The second kappa shape index (κ2) is 6.00. The lowest BCUT2D eigenvalue weighted by Crippen LogP contribution is -1.98. The summed E-state index contributed by atoms with van der Waals surface area (Å²) in [6.45, 7) is 3.87. The van der Waals surface area contributed by atoms with E-state index >= 15 is 0 Å². The Morgan fingerprint density at radius 2 is 1.95 bits per heavy atom. The van der Waals surface area contributed by atoms with Gasteiger partial charge in [-0.3, -0.25) is 0 Å². The number of benzene rings is 1. The largest absolute Gasteiger partial charge is 0.437 e. The Morgan fingerprint density at radius 3 is 2.63 bits per heavy atom. The summed E-state index contributed by atoms with van der Waals surface area (Å²) in [7, 11) is 0. The van der Waals surface area contributed by atoms with Crippen molar-refractivity contribution in [2.45, 2.75) is 19.7 Å². The maximum Gasteiger partial charge on any atom is 0.224 e. The van der Waals surface area contributed by atoms with Gasteiger partial charge < -0.3 is 4.74 Å². The lowest BCUT2D eigenvalue weighted by atomic mass is 10.1. The zero-order valence-corrected chi connectivity index (χ0v) is 12.8. The number of halogens is 3. The van der Waals surface area contributed by atoms with Crippen molar-refractivity contribution < 1.29 is 4.74 Å². The van der Waals surface area contributed by atoms with Crippen molar-refractivity contribution in [3.8, 4) is 11.6 Å². The monoisotopic (exact) mass is 315 g/mol. The Hall–Kier alpha value is -0.960. The highest BCUT2D eigenvalue weighted by Crippen LogP contribution is 2.36. The van der Waals surface area contributed by atoms with Gasteiger partial charge in [-0.15, -0.1) is 11.6 Å². The summed E-state index contributed by atoms with van der Waals surface area (Å²) in [4.78, 5) is 4.36. The van der Waals surface area contributed by atoms with Crippen LogP contribution in [0.4, 0.5) is 0 Å². The molecule has 0 saturated heterocycles. The molecule has 2 aromatic rings. The molecular weight excluding hydrogens is 305 g/mol. The van der Waals surface area contributed by atoms with Gasteiger partial charge in [0.1, 0.15) is 10.8 Å². The fourth-order valence-corrected chi connectivity index (χ4v) is 2.40. The minimum atomic E-state index is 0.326. The van der Waals surface area contributed by atoms with Gasteiger partial charge in [0.2, 0.25) is 5.88 Å². The number of rotatable bonds is 3. The summed E-state index contributed by atoms with van der Waals surface area (Å²) in [6, 6.07) is 7.18. The molecule has 2 rings (SSSR count). The van der Waals surface area contributed by atoms with Crippen molar-refractivity contribution in [2.75, 3.05) is 0 Å².